The molecule has 1 saturated heterocycles. The van der Waals surface area contributed by atoms with Gasteiger partial charge in [0.15, 0.2) is 5.82 Å². The van der Waals surface area contributed by atoms with Gasteiger partial charge in [0.2, 0.25) is 0 Å². The molecule has 0 atom stereocenters. The van der Waals surface area contributed by atoms with E-state index in [1.165, 1.54) is 0 Å². The van der Waals surface area contributed by atoms with Gasteiger partial charge in [-0.1, -0.05) is 36.4 Å². The molecule has 0 saturated carbocycles. The van der Waals surface area contributed by atoms with Crippen LogP contribution in [0.15, 0.2) is 72.8 Å². The molecule has 7 rings (SSSR count). The van der Waals surface area contributed by atoms with Crippen LogP contribution in [-0.2, 0) is 0 Å². The Kier molecular flexibility index (Phi) is 6.63. The second-order valence-electron chi connectivity index (χ2n) is 11.3. The number of carbonyl (C=O) groups is 3. The van der Waals surface area contributed by atoms with Crippen LogP contribution in [0.1, 0.15) is 36.9 Å². The lowest BCUT2D eigenvalue weighted by molar-refractivity contribution is 0.0664. The van der Waals surface area contributed by atoms with Crippen molar-refractivity contribution in [2.45, 2.75) is 6.92 Å². The fourth-order valence-electron chi connectivity index (χ4n) is 6.07. The van der Waals surface area contributed by atoms with Gasteiger partial charge in [-0.2, -0.15) is 0 Å². The topological polar surface area (TPSA) is 140 Å². The van der Waals surface area contributed by atoms with Crippen molar-refractivity contribution in [1.82, 2.24) is 24.8 Å². The van der Waals surface area contributed by atoms with Crippen molar-refractivity contribution in [3.8, 4) is 11.1 Å². The van der Waals surface area contributed by atoms with E-state index in [2.05, 4.69) is 32.2 Å². The van der Waals surface area contributed by atoms with Gasteiger partial charge >= 0.3 is 0 Å². The van der Waals surface area contributed by atoms with Gasteiger partial charge in [-0.25, -0.2) is 4.98 Å². The molecule has 6 aromatic rings. The monoisotopic (exact) mass is 585 g/mol. The highest BCUT2D eigenvalue weighted by Gasteiger charge is 2.23. The summed E-state index contributed by atoms with van der Waals surface area (Å²) in [6.07, 6.45) is 0. The molecule has 0 unspecified atom stereocenters. The zero-order valence-electron chi connectivity index (χ0n) is 24.4. The van der Waals surface area contributed by atoms with Crippen LogP contribution in [0.4, 0.5) is 5.69 Å². The number of fused-ring (bicyclic) bond motifs is 4. The van der Waals surface area contributed by atoms with Gasteiger partial charge in [-0.15, -0.1) is 0 Å². The minimum Gasteiger partial charge on any atom is -0.366 e. The number of amides is 3. The minimum absolute atomic E-state index is 0.0160. The molecule has 3 amide bonds. The quantitative estimate of drug-likeness (QED) is 0.228. The summed E-state index contributed by atoms with van der Waals surface area (Å²) in [6.45, 7) is 4.97. The molecule has 2 aromatic heterocycles. The first-order valence-electron chi connectivity index (χ1n) is 14.5. The van der Waals surface area contributed by atoms with Crippen molar-refractivity contribution < 1.29 is 14.4 Å². The number of primary amides is 1. The number of anilines is 1. The average Bonchev–Trinajstić information content (AvgIpc) is 3.63. The molecule has 10 nitrogen and oxygen atoms in total. The van der Waals surface area contributed by atoms with Crippen molar-refractivity contribution in [1.29, 1.82) is 0 Å². The van der Waals surface area contributed by atoms with Crippen LogP contribution >= 0.6 is 0 Å². The third-order valence-corrected chi connectivity index (χ3v) is 8.53. The third kappa shape index (κ3) is 4.65. The van der Waals surface area contributed by atoms with E-state index in [0.29, 0.717) is 40.9 Å². The van der Waals surface area contributed by atoms with E-state index in [1.807, 2.05) is 78.6 Å². The summed E-state index contributed by atoms with van der Waals surface area (Å²) in [6, 6.07) is 22.4. The number of carbonyl (C=O) groups excluding carboxylic acids is 3. The fourth-order valence-corrected chi connectivity index (χ4v) is 6.07. The number of likely N-dealkylation sites (N-methyl/N-ethyl adjacent to an activating group) is 1. The maximum absolute atomic E-state index is 13.3. The standard InChI is InChI=1S/C34H31N7O3/c1-19-21(6-5-9-25(19)39-33(43)32-37-26-7-3-4-8-27(26)38-32)22-12-13-24(31(35)42)30-29(22)23-11-10-20(18-28(23)36-30)34(44)41-16-14-40(2)15-17-41/h3-13,18,36H,14-17H2,1-2H3,(H2,35,42)(H,37,38)(H,39,43). The number of imidazole rings is 1. The smallest absolute Gasteiger partial charge is 0.291 e. The first-order valence-corrected chi connectivity index (χ1v) is 14.5. The van der Waals surface area contributed by atoms with E-state index in [9.17, 15) is 14.4 Å². The highest BCUT2D eigenvalue weighted by Crippen LogP contribution is 2.39. The number of nitrogens with two attached hydrogens (primary N) is 1. The van der Waals surface area contributed by atoms with Crippen molar-refractivity contribution in [3.05, 3.63) is 95.3 Å². The molecule has 1 aliphatic heterocycles. The highest BCUT2D eigenvalue weighted by molar-refractivity contribution is 6.20. The normalized spacial score (nSPS) is 14.0. The second-order valence-corrected chi connectivity index (χ2v) is 11.3. The van der Waals surface area contributed by atoms with Gasteiger partial charge in [0.05, 0.1) is 22.1 Å². The summed E-state index contributed by atoms with van der Waals surface area (Å²) in [7, 11) is 2.05. The molecule has 220 valence electrons. The lowest BCUT2D eigenvalue weighted by Gasteiger charge is -2.32. The number of benzene rings is 4. The van der Waals surface area contributed by atoms with Crippen LogP contribution < -0.4 is 11.1 Å². The van der Waals surface area contributed by atoms with Gasteiger partial charge in [0.25, 0.3) is 17.7 Å². The summed E-state index contributed by atoms with van der Waals surface area (Å²) in [5.74, 6) is -0.689. The number of H-pyrrole nitrogens is 2. The zero-order chi connectivity index (χ0) is 30.5. The predicted molar refractivity (Wildman–Crippen MR) is 172 cm³/mol. The Labute approximate surface area is 252 Å². The summed E-state index contributed by atoms with van der Waals surface area (Å²) in [4.78, 5) is 53.9. The van der Waals surface area contributed by atoms with Gasteiger partial charge in [-0.05, 0) is 67.1 Å². The van der Waals surface area contributed by atoms with Gasteiger partial charge in [0.1, 0.15) is 0 Å². The maximum Gasteiger partial charge on any atom is 0.291 e. The number of hydrogen-bond donors (Lipinski definition) is 4. The van der Waals surface area contributed by atoms with Crippen LogP contribution in [0, 0.1) is 6.92 Å². The molecule has 3 heterocycles. The predicted octanol–water partition coefficient (Wildman–Crippen LogP) is 4.91. The Bertz CT molecular complexity index is 2090. The van der Waals surface area contributed by atoms with Crippen LogP contribution in [0.25, 0.3) is 44.0 Å². The lowest BCUT2D eigenvalue weighted by Crippen LogP contribution is -2.47. The molecule has 0 radical (unpaired) electrons. The average molecular weight is 586 g/mol. The Morgan fingerprint density at radius 3 is 2.43 bits per heavy atom. The van der Waals surface area contributed by atoms with Crippen molar-refractivity contribution in [2.24, 2.45) is 5.73 Å². The fraction of sp³-hybridized carbons (Fsp3) is 0.176. The van der Waals surface area contributed by atoms with E-state index < -0.39 is 5.91 Å². The highest BCUT2D eigenvalue weighted by atomic mass is 16.2. The molecule has 44 heavy (non-hydrogen) atoms. The molecule has 10 heteroatoms. The van der Waals surface area contributed by atoms with E-state index in [1.54, 1.807) is 6.07 Å². The maximum atomic E-state index is 13.3. The molecule has 0 bridgehead atoms. The second kappa shape index (κ2) is 10.7. The Morgan fingerprint density at radius 1 is 0.864 bits per heavy atom. The van der Waals surface area contributed by atoms with Crippen LogP contribution in [-0.4, -0.2) is 75.7 Å². The number of aromatic nitrogens is 3. The number of piperazine rings is 1. The number of aromatic amines is 2. The minimum atomic E-state index is -0.551. The molecule has 0 aliphatic carbocycles. The molecule has 4 aromatic carbocycles. The van der Waals surface area contributed by atoms with Gasteiger partial charge < -0.3 is 30.8 Å². The number of hydrogen-bond acceptors (Lipinski definition) is 5. The summed E-state index contributed by atoms with van der Waals surface area (Å²) >= 11 is 0. The molecule has 5 N–H and O–H groups in total. The van der Waals surface area contributed by atoms with Crippen LogP contribution in [0.5, 0.6) is 0 Å². The Balaban J connectivity index is 1.29. The first-order chi connectivity index (χ1) is 21.3. The van der Waals surface area contributed by atoms with Crippen LogP contribution in [0.3, 0.4) is 0 Å². The third-order valence-electron chi connectivity index (χ3n) is 8.53. The van der Waals surface area contributed by atoms with E-state index >= 15 is 0 Å². The van der Waals surface area contributed by atoms with Gasteiger partial charge in [0, 0.05) is 53.7 Å². The molecule has 1 aliphatic rings. The summed E-state index contributed by atoms with van der Waals surface area (Å²) in [5, 5.41) is 4.68. The molecule has 0 spiro atoms. The first kappa shape index (κ1) is 27.4. The zero-order valence-corrected chi connectivity index (χ0v) is 24.4. The number of nitrogens with one attached hydrogen (secondary N) is 3. The van der Waals surface area contributed by atoms with Crippen molar-refractivity contribution >= 4 is 56.2 Å². The van der Waals surface area contributed by atoms with E-state index in [4.69, 9.17) is 5.73 Å². The number of para-hydroxylation sites is 2. The molecule has 1 fully saturated rings. The largest absolute Gasteiger partial charge is 0.366 e. The molecular formula is C34H31N7O3. The van der Waals surface area contributed by atoms with Crippen molar-refractivity contribution in [3.63, 3.8) is 0 Å². The summed E-state index contributed by atoms with van der Waals surface area (Å²) in [5.41, 5.74) is 12.8. The number of nitrogens with zero attached hydrogens (tertiary/aromatic N) is 3. The van der Waals surface area contributed by atoms with E-state index in [-0.39, 0.29) is 17.6 Å². The lowest BCUT2D eigenvalue weighted by atomic mass is 9.93. The van der Waals surface area contributed by atoms with Gasteiger partial charge in [-0.3, -0.25) is 14.4 Å². The Morgan fingerprint density at radius 2 is 1.66 bits per heavy atom. The van der Waals surface area contributed by atoms with Crippen LogP contribution in [0.2, 0.25) is 0 Å². The molecular weight excluding hydrogens is 554 g/mol. The van der Waals surface area contributed by atoms with E-state index in [0.717, 1.165) is 51.6 Å². The Hall–Kier alpha value is -5.48. The van der Waals surface area contributed by atoms with Crippen molar-refractivity contribution in [2.75, 3.05) is 38.5 Å². The SMILES string of the molecule is Cc1c(NC(=O)c2nc3ccccc3[nH]2)cccc1-c1ccc(C(N)=O)c2[nH]c3cc(C(=O)N4CCN(C)CC4)ccc3c12. The number of rotatable bonds is 5. The summed E-state index contributed by atoms with van der Waals surface area (Å²) < 4.78 is 0.